The zero-order valence-electron chi connectivity index (χ0n) is 16.8. The van der Waals surface area contributed by atoms with Crippen LogP contribution in [0.4, 0.5) is 9.52 Å². The van der Waals surface area contributed by atoms with Gasteiger partial charge in [-0.15, -0.1) is 5.10 Å². The van der Waals surface area contributed by atoms with Gasteiger partial charge in [-0.25, -0.2) is 9.37 Å². The van der Waals surface area contributed by atoms with E-state index in [1.54, 1.807) is 24.3 Å². The summed E-state index contributed by atoms with van der Waals surface area (Å²) in [5.74, 6) is -0.474. The van der Waals surface area contributed by atoms with Gasteiger partial charge in [0.2, 0.25) is 16.0 Å². The Hall–Kier alpha value is -2.81. The summed E-state index contributed by atoms with van der Waals surface area (Å²) in [6, 6.07) is 8.00. The molecule has 0 saturated carbocycles. The monoisotopic (exact) mass is 429 g/mol. The van der Waals surface area contributed by atoms with Gasteiger partial charge in [-0.2, -0.15) is 4.52 Å². The third kappa shape index (κ3) is 4.35. The lowest BCUT2D eigenvalue weighted by Crippen LogP contribution is -2.40. The molecular weight excluding hydrogens is 405 g/mol. The lowest BCUT2D eigenvalue weighted by molar-refractivity contribution is -0.125. The molecule has 1 fully saturated rings. The van der Waals surface area contributed by atoms with Crippen LogP contribution in [0.15, 0.2) is 35.1 Å². The normalized spacial score (nSPS) is 14.9. The van der Waals surface area contributed by atoms with E-state index in [0.717, 1.165) is 23.7 Å². The molecular formula is C21H24FN5O2S. The highest BCUT2D eigenvalue weighted by atomic mass is 32.1. The fraction of sp³-hybridized carbons (Fsp3) is 0.429. The zero-order chi connectivity index (χ0) is 21.1. The van der Waals surface area contributed by atoms with Crippen molar-refractivity contribution in [3.63, 3.8) is 0 Å². The van der Waals surface area contributed by atoms with Crippen LogP contribution >= 0.6 is 11.3 Å². The van der Waals surface area contributed by atoms with Crippen LogP contribution in [-0.2, 0) is 17.8 Å². The van der Waals surface area contributed by atoms with Crippen LogP contribution in [-0.4, -0.2) is 33.6 Å². The summed E-state index contributed by atoms with van der Waals surface area (Å²) < 4.78 is 15.1. The molecule has 158 valence electrons. The molecule has 1 aliphatic heterocycles. The minimum atomic E-state index is -0.311. The standard InChI is InChI=1S/C21H24FN5O2S/c1-2-5-16-12-18(28)27-20(24-16)30-21(25-27)26-10-8-14(9-11-26)19(29)23-13-15-6-3-4-7-17(15)22/h3-4,6-7,12,14H,2,5,8-11,13H2,1H3,(H,23,29). The first-order valence-corrected chi connectivity index (χ1v) is 11.0. The molecule has 0 unspecified atom stereocenters. The first-order valence-electron chi connectivity index (χ1n) is 10.2. The Kier molecular flexibility index (Phi) is 6.08. The lowest BCUT2D eigenvalue weighted by atomic mass is 9.96. The highest BCUT2D eigenvalue weighted by molar-refractivity contribution is 7.20. The maximum Gasteiger partial charge on any atom is 0.275 e. The molecule has 0 radical (unpaired) electrons. The first-order chi connectivity index (χ1) is 14.5. The Bertz CT molecular complexity index is 1100. The fourth-order valence-corrected chi connectivity index (χ4v) is 4.64. The number of piperidine rings is 1. The summed E-state index contributed by atoms with van der Waals surface area (Å²) in [6.07, 6.45) is 3.07. The molecule has 1 saturated heterocycles. The highest BCUT2D eigenvalue weighted by Gasteiger charge is 2.27. The summed E-state index contributed by atoms with van der Waals surface area (Å²) in [5, 5.41) is 8.03. The maximum atomic E-state index is 13.7. The van der Waals surface area contributed by atoms with E-state index < -0.39 is 0 Å². The molecule has 3 heterocycles. The van der Waals surface area contributed by atoms with Crippen molar-refractivity contribution in [1.82, 2.24) is 19.9 Å². The SMILES string of the molecule is CCCc1cc(=O)n2nc(N3CCC(C(=O)NCc4ccccc4F)CC3)sc2n1. The van der Waals surface area contributed by atoms with Crippen LogP contribution in [0.1, 0.15) is 37.4 Å². The van der Waals surface area contributed by atoms with Gasteiger partial charge in [-0.3, -0.25) is 9.59 Å². The second-order valence-electron chi connectivity index (χ2n) is 7.49. The lowest BCUT2D eigenvalue weighted by Gasteiger charge is -2.30. The summed E-state index contributed by atoms with van der Waals surface area (Å²) in [7, 11) is 0. The van der Waals surface area contributed by atoms with Crippen LogP contribution < -0.4 is 15.8 Å². The average molecular weight is 430 g/mol. The minimum Gasteiger partial charge on any atom is -0.352 e. The van der Waals surface area contributed by atoms with Crippen molar-refractivity contribution in [3.8, 4) is 0 Å². The first kappa shape index (κ1) is 20.5. The number of aromatic nitrogens is 3. The topological polar surface area (TPSA) is 79.6 Å². The largest absolute Gasteiger partial charge is 0.352 e. The van der Waals surface area contributed by atoms with Crippen molar-refractivity contribution >= 4 is 27.3 Å². The number of nitrogens with one attached hydrogen (secondary N) is 1. The van der Waals surface area contributed by atoms with E-state index in [9.17, 15) is 14.0 Å². The van der Waals surface area contributed by atoms with Crippen LogP contribution in [0.5, 0.6) is 0 Å². The van der Waals surface area contributed by atoms with Gasteiger partial charge in [-0.05, 0) is 25.3 Å². The van der Waals surface area contributed by atoms with E-state index >= 15 is 0 Å². The molecule has 4 rings (SSSR count). The van der Waals surface area contributed by atoms with Crippen LogP contribution in [0.2, 0.25) is 0 Å². The fourth-order valence-electron chi connectivity index (χ4n) is 3.66. The van der Waals surface area contributed by atoms with Gasteiger partial charge in [0.1, 0.15) is 5.82 Å². The number of aryl methyl sites for hydroxylation is 1. The average Bonchev–Trinajstić information content (AvgIpc) is 3.18. The van der Waals surface area contributed by atoms with Crippen molar-refractivity contribution in [1.29, 1.82) is 0 Å². The van der Waals surface area contributed by atoms with E-state index in [1.807, 2.05) is 0 Å². The van der Waals surface area contributed by atoms with Crippen molar-refractivity contribution in [2.75, 3.05) is 18.0 Å². The Balaban J connectivity index is 1.37. The van der Waals surface area contributed by atoms with E-state index in [0.29, 0.717) is 36.5 Å². The van der Waals surface area contributed by atoms with Gasteiger partial charge in [0.15, 0.2) is 0 Å². The molecule has 3 aromatic rings. The predicted octanol–water partition coefficient (Wildman–Crippen LogP) is 2.78. The second kappa shape index (κ2) is 8.91. The van der Waals surface area contributed by atoms with Crippen molar-refractivity contribution in [3.05, 3.63) is 57.8 Å². The number of fused-ring (bicyclic) bond motifs is 1. The third-order valence-corrected chi connectivity index (χ3v) is 6.31. The van der Waals surface area contributed by atoms with Crippen LogP contribution in [0, 0.1) is 11.7 Å². The number of hydrogen-bond acceptors (Lipinski definition) is 6. The van der Waals surface area contributed by atoms with E-state index in [1.165, 1.54) is 21.9 Å². The van der Waals surface area contributed by atoms with Gasteiger partial charge in [-0.1, -0.05) is 42.9 Å². The van der Waals surface area contributed by atoms with E-state index in [2.05, 4.69) is 27.2 Å². The Morgan fingerprint density at radius 1 is 1.30 bits per heavy atom. The molecule has 30 heavy (non-hydrogen) atoms. The molecule has 0 atom stereocenters. The minimum absolute atomic E-state index is 0.0516. The highest BCUT2D eigenvalue weighted by Crippen LogP contribution is 2.27. The number of benzene rings is 1. The zero-order valence-corrected chi connectivity index (χ0v) is 17.6. The van der Waals surface area contributed by atoms with Gasteiger partial charge in [0.05, 0.1) is 0 Å². The summed E-state index contributed by atoms with van der Waals surface area (Å²) in [6.45, 7) is 3.60. The maximum absolute atomic E-state index is 13.7. The Labute approximate surface area is 177 Å². The summed E-state index contributed by atoms with van der Waals surface area (Å²) in [4.78, 5) is 32.0. The summed E-state index contributed by atoms with van der Waals surface area (Å²) in [5.41, 5.74) is 1.12. The number of hydrogen-bond donors (Lipinski definition) is 1. The molecule has 0 bridgehead atoms. The molecule has 1 amide bonds. The smallest absolute Gasteiger partial charge is 0.275 e. The molecule has 2 aromatic heterocycles. The number of amides is 1. The Morgan fingerprint density at radius 3 is 2.80 bits per heavy atom. The molecule has 0 aliphatic carbocycles. The van der Waals surface area contributed by atoms with Gasteiger partial charge in [0.25, 0.3) is 5.56 Å². The molecule has 7 nitrogen and oxygen atoms in total. The van der Waals surface area contributed by atoms with Gasteiger partial charge < -0.3 is 10.2 Å². The van der Waals surface area contributed by atoms with Crippen molar-refractivity contribution in [2.45, 2.75) is 39.2 Å². The third-order valence-electron chi connectivity index (χ3n) is 5.34. The number of halogens is 1. The Morgan fingerprint density at radius 2 is 2.07 bits per heavy atom. The number of carbonyl (C=O) groups excluding carboxylic acids is 1. The van der Waals surface area contributed by atoms with Crippen LogP contribution in [0.3, 0.4) is 0 Å². The predicted molar refractivity (Wildman–Crippen MR) is 114 cm³/mol. The summed E-state index contributed by atoms with van der Waals surface area (Å²) >= 11 is 1.40. The second-order valence-corrected chi connectivity index (χ2v) is 8.42. The van der Waals surface area contributed by atoms with E-state index in [-0.39, 0.29) is 29.7 Å². The van der Waals surface area contributed by atoms with E-state index in [4.69, 9.17) is 0 Å². The van der Waals surface area contributed by atoms with Gasteiger partial charge in [0, 0.05) is 42.9 Å². The number of rotatable bonds is 6. The number of anilines is 1. The van der Waals surface area contributed by atoms with Crippen LogP contribution in [0.25, 0.3) is 4.96 Å². The van der Waals surface area contributed by atoms with Crippen molar-refractivity contribution in [2.24, 2.45) is 5.92 Å². The molecule has 9 heteroatoms. The quantitative estimate of drug-likeness (QED) is 0.652. The van der Waals surface area contributed by atoms with Crippen molar-refractivity contribution < 1.29 is 9.18 Å². The number of nitrogens with zero attached hydrogens (tertiary/aromatic N) is 4. The molecule has 1 aromatic carbocycles. The molecule has 1 N–H and O–H groups in total. The number of carbonyl (C=O) groups is 1. The molecule has 1 aliphatic rings. The molecule has 0 spiro atoms. The van der Waals surface area contributed by atoms with Gasteiger partial charge >= 0.3 is 0 Å².